The lowest BCUT2D eigenvalue weighted by molar-refractivity contribution is 0.271. The van der Waals surface area contributed by atoms with Gasteiger partial charge in [0.25, 0.3) is 0 Å². The van der Waals surface area contributed by atoms with Crippen molar-refractivity contribution in [3.05, 3.63) is 28.8 Å². The van der Waals surface area contributed by atoms with Gasteiger partial charge in [0.1, 0.15) is 0 Å². The second-order valence-corrected chi connectivity index (χ2v) is 10.8. The van der Waals surface area contributed by atoms with Crippen molar-refractivity contribution in [2.24, 2.45) is 0 Å². The monoisotopic (exact) mass is 275 g/mol. The molecule has 0 aliphatic carbocycles. The predicted octanol–water partition coefficient (Wildman–Crippen LogP) is 4.40. The Labute approximate surface area is 108 Å². The Balaban J connectivity index is 2.78. The molecule has 5 heteroatoms. The third-order valence-electron chi connectivity index (χ3n) is 3.32. The maximum absolute atomic E-state index is 13.6. The van der Waals surface area contributed by atoms with Crippen LogP contribution in [0, 0.1) is 5.82 Å². The van der Waals surface area contributed by atoms with Crippen LogP contribution in [-0.2, 0) is 11.0 Å². The zero-order valence-corrected chi connectivity index (χ0v) is 12.7. The average Bonchev–Trinajstić information content (AvgIpc) is 2.18. The largest absolute Gasteiger partial charge is 0.412 e. The molecular formula is C12H19ClFNOSi. The minimum atomic E-state index is -1.86. The number of pyridine rings is 1. The molecule has 0 fully saturated rings. The Hall–Kier alpha value is -0.453. The zero-order valence-electron chi connectivity index (χ0n) is 11.0. The van der Waals surface area contributed by atoms with Crippen LogP contribution in [0.15, 0.2) is 12.3 Å². The summed E-state index contributed by atoms with van der Waals surface area (Å²) in [5, 5.41) is 0.0154. The van der Waals surface area contributed by atoms with Crippen molar-refractivity contribution in [1.82, 2.24) is 4.98 Å². The maximum atomic E-state index is 13.6. The molecule has 0 aromatic carbocycles. The van der Waals surface area contributed by atoms with Gasteiger partial charge in [-0.15, -0.1) is 0 Å². The lowest BCUT2D eigenvalue weighted by atomic mass is 10.2. The van der Waals surface area contributed by atoms with Gasteiger partial charge in [0.05, 0.1) is 6.61 Å². The second-order valence-electron chi connectivity index (χ2n) is 5.62. The van der Waals surface area contributed by atoms with Gasteiger partial charge < -0.3 is 4.43 Å². The molecule has 0 saturated heterocycles. The molecule has 0 N–H and O–H groups in total. The maximum Gasteiger partial charge on any atom is 0.192 e. The second kappa shape index (κ2) is 5.04. The van der Waals surface area contributed by atoms with Crippen LogP contribution in [0.25, 0.3) is 0 Å². The van der Waals surface area contributed by atoms with E-state index in [4.69, 9.17) is 16.0 Å². The lowest BCUT2D eigenvalue weighted by Crippen LogP contribution is -2.40. The van der Waals surface area contributed by atoms with E-state index in [1.54, 1.807) is 6.07 Å². The highest BCUT2D eigenvalue weighted by Crippen LogP contribution is 2.37. The Morgan fingerprint density at radius 1 is 1.41 bits per heavy atom. The van der Waals surface area contributed by atoms with E-state index in [-0.39, 0.29) is 16.8 Å². The molecule has 2 nitrogen and oxygen atoms in total. The van der Waals surface area contributed by atoms with E-state index in [9.17, 15) is 4.39 Å². The quantitative estimate of drug-likeness (QED) is 0.603. The molecule has 1 aromatic heterocycles. The van der Waals surface area contributed by atoms with E-state index in [1.807, 2.05) is 0 Å². The summed E-state index contributed by atoms with van der Waals surface area (Å²) in [5.74, 6) is -0.479. The Morgan fingerprint density at radius 3 is 2.53 bits per heavy atom. The molecule has 0 aliphatic heterocycles. The number of nitrogens with zero attached hydrogens (tertiary/aromatic N) is 1. The van der Waals surface area contributed by atoms with Crippen molar-refractivity contribution in [3.63, 3.8) is 0 Å². The topological polar surface area (TPSA) is 22.1 Å². The van der Waals surface area contributed by atoms with Gasteiger partial charge in [-0.25, -0.2) is 9.37 Å². The molecule has 1 rings (SSSR count). The normalized spacial score (nSPS) is 12.9. The van der Waals surface area contributed by atoms with Crippen LogP contribution in [0.1, 0.15) is 26.3 Å². The van der Waals surface area contributed by atoms with Crippen molar-refractivity contribution in [1.29, 1.82) is 0 Å². The fourth-order valence-electron chi connectivity index (χ4n) is 1.04. The minimum absolute atomic E-state index is 0.0960. The minimum Gasteiger partial charge on any atom is -0.412 e. The number of aromatic nitrogens is 1. The SMILES string of the molecule is CC(C)(C)[Si](C)(C)OCc1ccnc(Cl)c1F. The van der Waals surface area contributed by atoms with E-state index in [0.29, 0.717) is 5.56 Å². The number of hydrogen-bond donors (Lipinski definition) is 0. The van der Waals surface area contributed by atoms with E-state index < -0.39 is 14.1 Å². The van der Waals surface area contributed by atoms with Gasteiger partial charge in [-0.3, -0.25) is 0 Å². The standard InChI is InChI=1S/C12H19ClFNOSi/c1-12(2,3)17(4,5)16-8-9-6-7-15-11(13)10(9)14/h6-7H,8H2,1-5H3. The highest BCUT2D eigenvalue weighted by molar-refractivity contribution is 6.74. The van der Waals surface area contributed by atoms with Crippen LogP contribution in [0.3, 0.4) is 0 Å². The summed E-state index contributed by atoms with van der Waals surface area (Å²) in [5.41, 5.74) is 0.467. The predicted molar refractivity (Wildman–Crippen MR) is 71.2 cm³/mol. The fourth-order valence-corrected chi connectivity index (χ4v) is 2.17. The van der Waals surface area contributed by atoms with Crippen LogP contribution in [0.5, 0.6) is 0 Å². The molecule has 0 radical (unpaired) electrons. The van der Waals surface area contributed by atoms with Gasteiger partial charge in [-0.1, -0.05) is 32.4 Å². The third-order valence-corrected chi connectivity index (χ3v) is 8.06. The number of halogens is 2. The van der Waals surface area contributed by atoms with Crippen molar-refractivity contribution in [2.75, 3.05) is 0 Å². The number of hydrogen-bond acceptors (Lipinski definition) is 2. The van der Waals surface area contributed by atoms with E-state index in [2.05, 4.69) is 38.8 Å². The highest BCUT2D eigenvalue weighted by atomic mass is 35.5. The number of rotatable bonds is 3. The van der Waals surface area contributed by atoms with Gasteiger partial charge in [0.15, 0.2) is 19.3 Å². The summed E-state index contributed by atoms with van der Waals surface area (Å²) >= 11 is 5.62. The van der Waals surface area contributed by atoms with Crippen molar-refractivity contribution >= 4 is 19.9 Å². The first kappa shape index (κ1) is 14.6. The van der Waals surface area contributed by atoms with Crippen molar-refractivity contribution in [2.45, 2.75) is 45.5 Å². The summed E-state index contributed by atoms with van der Waals surface area (Å²) in [4.78, 5) is 3.68. The van der Waals surface area contributed by atoms with Crippen LogP contribution >= 0.6 is 11.6 Å². The third kappa shape index (κ3) is 3.50. The summed E-state index contributed by atoms with van der Waals surface area (Å²) in [6.45, 7) is 11.0. The first-order valence-electron chi connectivity index (χ1n) is 5.58. The van der Waals surface area contributed by atoms with Crippen LogP contribution in [-0.4, -0.2) is 13.3 Å². The van der Waals surface area contributed by atoms with E-state index >= 15 is 0 Å². The van der Waals surface area contributed by atoms with Gasteiger partial charge in [0.2, 0.25) is 0 Å². The molecule has 0 amide bonds. The van der Waals surface area contributed by atoms with E-state index in [0.717, 1.165) is 0 Å². The van der Waals surface area contributed by atoms with Gasteiger partial charge in [0, 0.05) is 11.8 Å². The molecule has 0 spiro atoms. The first-order valence-corrected chi connectivity index (χ1v) is 8.86. The zero-order chi connectivity index (χ0) is 13.3. The molecular weight excluding hydrogens is 257 g/mol. The van der Waals surface area contributed by atoms with Crippen molar-refractivity contribution < 1.29 is 8.82 Å². The van der Waals surface area contributed by atoms with Crippen LogP contribution in [0.2, 0.25) is 23.3 Å². The molecule has 1 heterocycles. The first-order chi connectivity index (χ1) is 7.65. The molecule has 1 aromatic rings. The van der Waals surface area contributed by atoms with Gasteiger partial charge >= 0.3 is 0 Å². The Morgan fingerprint density at radius 2 is 2.00 bits per heavy atom. The Bertz CT molecular complexity index is 404. The van der Waals surface area contributed by atoms with E-state index in [1.165, 1.54) is 6.20 Å². The van der Waals surface area contributed by atoms with Gasteiger partial charge in [-0.05, 0) is 24.2 Å². The smallest absolute Gasteiger partial charge is 0.192 e. The molecule has 96 valence electrons. The lowest BCUT2D eigenvalue weighted by Gasteiger charge is -2.36. The highest BCUT2D eigenvalue weighted by Gasteiger charge is 2.37. The molecule has 0 unspecified atom stereocenters. The fraction of sp³-hybridized carbons (Fsp3) is 0.583. The van der Waals surface area contributed by atoms with Gasteiger partial charge in [-0.2, -0.15) is 0 Å². The molecule has 0 atom stereocenters. The van der Waals surface area contributed by atoms with Crippen molar-refractivity contribution in [3.8, 4) is 0 Å². The van der Waals surface area contributed by atoms with Crippen LogP contribution < -0.4 is 0 Å². The molecule has 0 bridgehead atoms. The Kier molecular flexibility index (Phi) is 4.33. The summed E-state index contributed by atoms with van der Waals surface area (Å²) < 4.78 is 19.5. The summed E-state index contributed by atoms with van der Waals surface area (Å²) in [6.07, 6.45) is 1.50. The van der Waals surface area contributed by atoms with Crippen LogP contribution in [0.4, 0.5) is 4.39 Å². The summed E-state index contributed by atoms with van der Waals surface area (Å²) in [7, 11) is -1.86. The molecule has 0 aliphatic rings. The molecule has 17 heavy (non-hydrogen) atoms. The average molecular weight is 276 g/mol. The summed E-state index contributed by atoms with van der Waals surface area (Å²) in [6, 6.07) is 1.61. The molecule has 0 saturated carbocycles.